The Labute approximate surface area is 113 Å². The summed E-state index contributed by atoms with van der Waals surface area (Å²) in [5.74, 6) is 0. The highest BCUT2D eigenvalue weighted by atomic mass is 16.5. The molecule has 2 rings (SSSR count). The predicted molar refractivity (Wildman–Crippen MR) is 73.8 cm³/mol. The third-order valence-electron chi connectivity index (χ3n) is 3.37. The van der Waals surface area contributed by atoms with Crippen molar-refractivity contribution in [2.24, 2.45) is 0 Å². The Hall–Kier alpha value is -1.68. The minimum atomic E-state index is -1.06. The van der Waals surface area contributed by atoms with E-state index in [0.29, 0.717) is 0 Å². The average Bonchev–Trinajstić information content (AvgIpc) is 2.50. The molecule has 0 heterocycles. The van der Waals surface area contributed by atoms with Crippen LogP contribution < -0.4 is 0 Å². The van der Waals surface area contributed by atoms with Crippen LogP contribution in [-0.2, 0) is 10.3 Å². The highest BCUT2D eigenvalue weighted by molar-refractivity contribution is 5.38. The van der Waals surface area contributed by atoms with Gasteiger partial charge in [-0.15, -0.1) is 0 Å². The van der Waals surface area contributed by atoms with Gasteiger partial charge < -0.3 is 14.9 Å². The van der Waals surface area contributed by atoms with Gasteiger partial charge in [0.05, 0.1) is 6.61 Å². The molecule has 1 atom stereocenters. The van der Waals surface area contributed by atoms with Crippen molar-refractivity contribution in [1.29, 1.82) is 0 Å². The Morgan fingerprint density at radius 1 is 0.947 bits per heavy atom. The van der Waals surface area contributed by atoms with Crippen LogP contribution in [0.3, 0.4) is 0 Å². The number of aliphatic hydroxyl groups excluding tert-OH is 2. The van der Waals surface area contributed by atoms with E-state index < -0.39 is 11.7 Å². The second kappa shape index (κ2) is 5.97. The van der Waals surface area contributed by atoms with Gasteiger partial charge in [-0.3, -0.25) is 0 Å². The topological polar surface area (TPSA) is 49.7 Å². The summed E-state index contributed by atoms with van der Waals surface area (Å²) in [4.78, 5) is 0. The molecule has 3 nitrogen and oxygen atoms in total. The largest absolute Gasteiger partial charge is 0.394 e. The van der Waals surface area contributed by atoms with Crippen LogP contribution in [0.5, 0.6) is 0 Å². The number of rotatable bonds is 5. The molecule has 100 valence electrons. The maximum Gasteiger partial charge on any atom is 0.146 e. The summed E-state index contributed by atoms with van der Waals surface area (Å²) in [6, 6.07) is 18.9. The van der Waals surface area contributed by atoms with E-state index >= 15 is 0 Å². The molecule has 0 aliphatic rings. The van der Waals surface area contributed by atoms with Crippen molar-refractivity contribution in [3.05, 3.63) is 71.8 Å². The summed E-state index contributed by atoms with van der Waals surface area (Å²) in [6.45, 7) is -0.377. The lowest BCUT2D eigenvalue weighted by Gasteiger charge is -2.37. The van der Waals surface area contributed by atoms with Gasteiger partial charge in [-0.05, 0) is 11.1 Å². The number of benzene rings is 2. The molecule has 2 aromatic rings. The minimum absolute atomic E-state index is 0.377. The molecule has 0 saturated carbocycles. The van der Waals surface area contributed by atoms with E-state index in [1.54, 1.807) is 7.11 Å². The lowest BCUT2D eigenvalue weighted by atomic mass is 9.81. The summed E-state index contributed by atoms with van der Waals surface area (Å²) in [6.07, 6.45) is -1.04. The number of methoxy groups -OCH3 is 1. The van der Waals surface area contributed by atoms with Crippen molar-refractivity contribution in [3.8, 4) is 0 Å². The van der Waals surface area contributed by atoms with Gasteiger partial charge in [-0.25, -0.2) is 0 Å². The van der Waals surface area contributed by atoms with Crippen LogP contribution in [0.1, 0.15) is 11.1 Å². The molecule has 0 radical (unpaired) electrons. The van der Waals surface area contributed by atoms with Gasteiger partial charge in [-0.2, -0.15) is 0 Å². The fraction of sp³-hybridized carbons (Fsp3) is 0.250. The van der Waals surface area contributed by atoms with E-state index in [0.717, 1.165) is 11.1 Å². The molecule has 2 N–H and O–H groups in total. The van der Waals surface area contributed by atoms with Crippen molar-refractivity contribution in [3.63, 3.8) is 0 Å². The lowest BCUT2D eigenvalue weighted by molar-refractivity contribution is -0.0976. The van der Waals surface area contributed by atoms with Gasteiger partial charge in [0.1, 0.15) is 11.7 Å². The highest BCUT2D eigenvalue weighted by Crippen LogP contribution is 2.36. The summed E-state index contributed by atoms with van der Waals surface area (Å²) in [5.41, 5.74) is 0.563. The van der Waals surface area contributed by atoms with E-state index in [1.165, 1.54) is 0 Å². The fourth-order valence-electron chi connectivity index (χ4n) is 2.42. The van der Waals surface area contributed by atoms with E-state index in [9.17, 15) is 10.2 Å². The molecule has 0 amide bonds. The highest BCUT2D eigenvalue weighted by Gasteiger charge is 2.41. The van der Waals surface area contributed by atoms with Gasteiger partial charge in [0.2, 0.25) is 0 Å². The molecular weight excluding hydrogens is 240 g/mol. The lowest BCUT2D eigenvalue weighted by Crippen LogP contribution is -2.44. The van der Waals surface area contributed by atoms with Gasteiger partial charge in [0.15, 0.2) is 0 Å². The predicted octanol–water partition coefficient (Wildman–Crippen LogP) is 1.93. The molecule has 0 spiro atoms. The molecule has 19 heavy (non-hydrogen) atoms. The zero-order valence-corrected chi connectivity index (χ0v) is 10.9. The van der Waals surface area contributed by atoms with Crippen LogP contribution in [0.25, 0.3) is 0 Å². The Balaban J connectivity index is 2.62. The zero-order valence-electron chi connectivity index (χ0n) is 10.9. The molecule has 0 saturated heterocycles. The second-order valence-electron chi connectivity index (χ2n) is 4.37. The molecular formula is C16H18O3. The summed E-state index contributed by atoms with van der Waals surface area (Å²) < 4.78 is 5.65. The van der Waals surface area contributed by atoms with Crippen LogP contribution in [0.15, 0.2) is 60.7 Å². The first-order valence-electron chi connectivity index (χ1n) is 6.21. The molecule has 0 aromatic heterocycles. The van der Waals surface area contributed by atoms with E-state index in [-0.39, 0.29) is 6.61 Å². The quantitative estimate of drug-likeness (QED) is 0.861. The van der Waals surface area contributed by atoms with Crippen LogP contribution in [0.2, 0.25) is 0 Å². The van der Waals surface area contributed by atoms with E-state index in [4.69, 9.17) is 4.74 Å². The maximum atomic E-state index is 10.3. The number of hydrogen-bond acceptors (Lipinski definition) is 3. The number of hydrogen-bond donors (Lipinski definition) is 2. The summed E-state index contributed by atoms with van der Waals surface area (Å²) in [7, 11) is 1.54. The molecule has 1 unspecified atom stereocenters. The standard InChI is InChI=1S/C16H18O3/c1-19-16(15(18)12-17,13-8-4-2-5-9-13)14-10-6-3-7-11-14/h2-11,15,17-18H,12H2,1H3. The molecule has 0 fully saturated rings. The SMILES string of the molecule is COC(c1ccccc1)(c1ccccc1)C(O)CO. The van der Waals surface area contributed by atoms with Gasteiger partial charge in [-0.1, -0.05) is 60.7 Å². The smallest absolute Gasteiger partial charge is 0.146 e. The zero-order chi connectivity index (χ0) is 13.7. The number of aliphatic hydroxyl groups is 2. The molecule has 2 aromatic carbocycles. The maximum absolute atomic E-state index is 10.3. The van der Waals surface area contributed by atoms with Crippen molar-refractivity contribution in [2.75, 3.05) is 13.7 Å². The fourth-order valence-corrected chi connectivity index (χ4v) is 2.42. The Morgan fingerprint density at radius 3 is 1.68 bits per heavy atom. The Bertz CT molecular complexity index is 456. The number of ether oxygens (including phenoxy) is 1. The van der Waals surface area contributed by atoms with Gasteiger partial charge in [0.25, 0.3) is 0 Å². The minimum Gasteiger partial charge on any atom is -0.394 e. The van der Waals surface area contributed by atoms with Crippen LogP contribution in [0, 0.1) is 0 Å². The van der Waals surface area contributed by atoms with Crippen LogP contribution in [0.4, 0.5) is 0 Å². The van der Waals surface area contributed by atoms with Crippen molar-refractivity contribution in [2.45, 2.75) is 11.7 Å². The van der Waals surface area contributed by atoms with Crippen LogP contribution >= 0.6 is 0 Å². The van der Waals surface area contributed by atoms with Gasteiger partial charge >= 0.3 is 0 Å². The summed E-state index contributed by atoms with van der Waals surface area (Å²) in [5, 5.41) is 19.7. The first-order valence-corrected chi connectivity index (χ1v) is 6.21. The second-order valence-corrected chi connectivity index (χ2v) is 4.37. The molecule has 3 heteroatoms. The summed E-state index contributed by atoms with van der Waals surface area (Å²) >= 11 is 0. The first kappa shape index (κ1) is 13.7. The van der Waals surface area contributed by atoms with Crippen molar-refractivity contribution in [1.82, 2.24) is 0 Å². The van der Waals surface area contributed by atoms with Gasteiger partial charge in [0, 0.05) is 7.11 Å². The molecule has 0 aliphatic carbocycles. The van der Waals surface area contributed by atoms with E-state index in [2.05, 4.69) is 0 Å². The molecule has 0 aliphatic heterocycles. The third-order valence-corrected chi connectivity index (χ3v) is 3.37. The van der Waals surface area contributed by atoms with Crippen molar-refractivity contribution >= 4 is 0 Å². The third kappa shape index (κ3) is 2.40. The Morgan fingerprint density at radius 2 is 1.37 bits per heavy atom. The monoisotopic (exact) mass is 258 g/mol. The van der Waals surface area contributed by atoms with Crippen molar-refractivity contribution < 1.29 is 14.9 Å². The van der Waals surface area contributed by atoms with E-state index in [1.807, 2.05) is 60.7 Å². The Kier molecular flexibility index (Phi) is 4.32. The molecule has 0 bridgehead atoms. The van der Waals surface area contributed by atoms with Crippen LogP contribution in [-0.4, -0.2) is 30.0 Å². The average molecular weight is 258 g/mol. The normalized spacial score (nSPS) is 13.2. The first-order chi connectivity index (χ1) is 9.25.